The van der Waals surface area contributed by atoms with Crippen molar-refractivity contribution in [2.24, 2.45) is 17.8 Å². The highest BCUT2D eigenvalue weighted by Gasteiger charge is 2.40. The van der Waals surface area contributed by atoms with Crippen molar-refractivity contribution < 1.29 is 9.69 Å². The van der Waals surface area contributed by atoms with Gasteiger partial charge in [-0.1, -0.05) is 18.6 Å². The van der Waals surface area contributed by atoms with Crippen LogP contribution >= 0.6 is 11.3 Å². The first-order valence-corrected chi connectivity index (χ1v) is 11.0. The molecule has 1 aliphatic heterocycles. The molecule has 1 aromatic carbocycles. The van der Waals surface area contributed by atoms with Gasteiger partial charge >= 0.3 is 0 Å². The van der Waals surface area contributed by atoms with Crippen LogP contribution in [0.25, 0.3) is 10.2 Å². The Morgan fingerprint density at radius 3 is 2.77 bits per heavy atom. The van der Waals surface area contributed by atoms with E-state index in [0.717, 1.165) is 56.5 Å². The van der Waals surface area contributed by atoms with Gasteiger partial charge in [-0.05, 0) is 49.1 Å². The largest absolute Gasteiger partial charge is 0.331 e. The molecule has 2 aromatic rings. The van der Waals surface area contributed by atoms with Crippen molar-refractivity contribution in [2.45, 2.75) is 38.6 Å². The molecule has 2 heterocycles. The van der Waals surface area contributed by atoms with Crippen LogP contribution in [-0.4, -0.2) is 42.0 Å². The van der Waals surface area contributed by atoms with Crippen molar-refractivity contribution in [3.05, 3.63) is 29.3 Å². The first-order valence-electron chi connectivity index (χ1n) is 10.2. The molecule has 4 nitrogen and oxygen atoms in total. The summed E-state index contributed by atoms with van der Waals surface area (Å²) in [6.45, 7) is 4.93. The maximum atomic E-state index is 12.7. The number of amides is 1. The van der Waals surface area contributed by atoms with Crippen LogP contribution in [0.1, 0.15) is 37.1 Å². The van der Waals surface area contributed by atoms with E-state index in [1.807, 2.05) is 11.3 Å². The second-order valence-corrected chi connectivity index (χ2v) is 9.64. The van der Waals surface area contributed by atoms with E-state index in [1.54, 1.807) is 4.90 Å². The number of aromatic nitrogens is 1. The second-order valence-electron chi connectivity index (χ2n) is 8.52. The van der Waals surface area contributed by atoms with E-state index < -0.39 is 0 Å². The first-order chi connectivity index (χ1) is 12.7. The Kier molecular flexibility index (Phi) is 4.45. The van der Waals surface area contributed by atoms with Gasteiger partial charge < -0.3 is 9.80 Å². The molecule has 26 heavy (non-hydrogen) atoms. The zero-order valence-electron chi connectivity index (χ0n) is 15.3. The van der Waals surface area contributed by atoms with Crippen LogP contribution in [0.4, 0.5) is 0 Å². The molecule has 1 saturated heterocycles. The standard InChI is InChI=1S/C21H27N3OS/c25-21(13-17-12-15-5-6-16(17)11-15)24-9-7-23(8-10-24)14-20-22-18-3-1-2-4-19(18)26-20/h1-4,15-17H,5-14H2/p+1/t15-,16-,17+/m1/s1. The maximum absolute atomic E-state index is 12.7. The summed E-state index contributed by atoms with van der Waals surface area (Å²) in [5, 5.41) is 1.22. The highest BCUT2D eigenvalue weighted by molar-refractivity contribution is 7.18. The molecular weight excluding hydrogens is 342 g/mol. The van der Waals surface area contributed by atoms with E-state index in [4.69, 9.17) is 4.98 Å². The minimum atomic E-state index is 0.418. The monoisotopic (exact) mass is 370 g/mol. The molecule has 3 atom stereocenters. The number of nitrogens with zero attached hydrogens (tertiary/aromatic N) is 2. The summed E-state index contributed by atoms with van der Waals surface area (Å²) in [5.41, 5.74) is 1.12. The predicted molar refractivity (Wildman–Crippen MR) is 104 cm³/mol. The van der Waals surface area contributed by atoms with E-state index >= 15 is 0 Å². The lowest BCUT2D eigenvalue weighted by molar-refractivity contribution is -0.917. The molecule has 5 heteroatoms. The van der Waals surface area contributed by atoms with Gasteiger partial charge in [0, 0.05) is 6.42 Å². The van der Waals surface area contributed by atoms with Crippen LogP contribution in [0.2, 0.25) is 0 Å². The van der Waals surface area contributed by atoms with Gasteiger partial charge in [0.25, 0.3) is 0 Å². The van der Waals surface area contributed by atoms with Crippen LogP contribution < -0.4 is 4.90 Å². The first kappa shape index (κ1) is 16.7. The SMILES string of the molecule is O=C(C[C@@H]1C[C@@H]2CC[C@@H]1C2)N1CC[NH+](Cc2nc3ccccc3s2)CC1. The van der Waals surface area contributed by atoms with Crippen LogP contribution in [0.3, 0.4) is 0 Å². The van der Waals surface area contributed by atoms with Gasteiger partial charge in [0.2, 0.25) is 5.91 Å². The number of carbonyl (C=O) groups is 1. The molecule has 5 rings (SSSR count). The minimum Gasteiger partial charge on any atom is -0.331 e. The highest BCUT2D eigenvalue weighted by Crippen LogP contribution is 2.49. The predicted octanol–water partition coefficient (Wildman–Crippen LogP) is 2.35. The van der Waals surface area contributed by atoms with E-state index in [0.29, 0.717) is 11.8 Å². The Morgan fingerprint density at radius 1 is 1.19 bits per heavy atom. The maximum Gasteiger partial charge on any atom is 0.223 e. The fraction of sp³-hybridized carbons (Fsp3) is 0.619. The number of fused-ring (bicyclic) bond motifs is 3. The summed E-state index contributed by atoms with van der Waals surface area (Å²) in [6, 6.07) is 8.38. The number of para-hydroxylation sites is 1. The van der Waals surface area contributed by atoms with Crippen molar-refractivity contribution in [3.8, 4) is 0 Å². The Bertz CT molecular complexity index is 762. The van der Waals surface area contributed by atoms with E-state index in [9.17, 15) is 4.79 Å². The van der Waals surface area contributed by atoms with Gasteiger partial charge in [-0.2, -0.15) is 0 Å². The lowest BCUT2D eigenvalue weighted by Gasteiger charge is -2.33. The minimum absolute atomic E-state index is 0.418. The third-order valence-corrected chi connectivity index (χ3v) is 7.92. The second kappa shape index (κ2) is 6.93. The van der Waals surface area contributed by atoms with Crippen molar-refractivity contribution in [3.63, 3.8) is 0 Å². The number of nitrogens with one attached hydrogen (secondary N) is 1. The summed E-state index contributed by atoms with van der Waals surface area (Å²) in [5.74, 6) is 2.90. The number of piperazine rings is 1. The van der Waals surface area contributed by atoms with Gasteiger partial charge in [-0.15, -0.1) is 11.3 Å². The molecule has 138 valence electrons. The Hall–Kier alpha value is -1.46. The Labute approximate surface area is 159 Å². The average molecular weight is 371 g/mol. The van der Waals surface area contributed by atoms with Gasteiger partial charge in [-0.3, -0.25) is 4.79 Å². The lowest BCUT2D eigenvalue weighted by atomic mass is 9.86. The zero-order valence-corrected chi connectivity index (χ0v) is 16.1. The summed E-state index contributed by atoms with van der Waals surface area (Å²) in [4.78, 5) is 21.2. The number of thiazole rings is 1. The molecule has 0 unspecified atom stereocenters. The number of rotatable bonds is 4. The van der Waals surface area contributed by atoms with Crippen LogP contribution in [0, 0.1) is 17.8 Å². The molecule has 0 radical (unpaired) electrons. The topological polar surface area (TPSA) is 37.6 Å². The third kappa shape index (κ3) is 3.27. The van der Waals surface area contributed by atoms with E-state index in [1.165, 1.54) is 35.4 Å². The summed E-state index contributed by atoms with van der Waals surface area (Å²) < 4.78 is 1.28. The lowest BCUT2D eigenvalue weighted by Crippen LogP contribution is -3.13. The smallest absolute Gasteiger partial charge is 0.223 e. The van der Waals surface area contributed by atoms with E-state index in [-0.39, 0.29) is 0 Å². The van der Waals surface area contributed by atoms with Crippen molar-refractivity contribution >= 4 is 27.5 Å². The van der Waals surface area contributed by atoms with Gasteiger partial charge in [-0.25, -0.2) is 4.98 Å². The van der Waals surface area contributed by atoms with Gasteiger partial charge in [0.15, 0.2) is 0 Å². The number of quaternary nitrogens is 1. The number of carbonyl (C=O) groups excluding carboxylic acids is 1. The van der Waals surface area contributed by atoms with Crippen molar-refractivity contribution in [2.75, 3.05) is 26.2 Å². The number of hydrogen-bond donors (Lipinski definition) is 1. The van der Waals surface area contributed by atoms with Gasteiger partial charge in [0.1, 0.15) is 11.6 Å². The molecule has 1 N–H and O–H groups in total. The van der Waals surface area contributed by atoms with Crippen molar-refractivity contribution in [1.82, 2.24) is 9.88 Å². The van der Waals surface area contributed by atoms with Gasteiger partial charge in [0.05, 0.1) is 36.4 Å². The zero-order chi connectivity index (χ0) is 17.5. The number of hydrogen-bond acceptors (Lipinski definition) is 3. The quantitative estimate of drug-likeness (QED) is 0.897. The molecule has 2 bridgehead atoms. The molecule has 0 spiro atoms. The fourth-order valence-corrected chi connectivity index (χ4v) is 6.48. The molecule has 3 fully saturated rings. The fourth-order valence-electron chi connectivity index (χ4n) is 5.44. The number of benzene rings is 1. The molecular formula is C21H28N3OS+. The molecule has 1 amide bonds. The Balaban J connectivity index is 1.13. The van der Waals surface area contributed by atoms with Crippen LogP contribution in [-0.2, 0) is 11.3 Å². The molecule has 2 saturated carbocycles. The Morgan fingerprint density at radius 2 is 2.04 bits per heavy atom. The third-order valence-electron chi connectivity index (χ3n) is 6.88. The summed E-state index contributed by atoms with van der Waals surface area (Å²) in [7, 11) is 0. The van der Waals surface area contributed by atoms with Crippen LogP contribution in [0.5, 0.6) is 0 Å². The highest BCUT2D eigenvalue weighted by atomic mass is 32.1. The van der Waals surface area contributed by atoms with E-state index in [2.05, 4.69) is 29.2 Å². The summed E-state index contributed by atoms with van der Waals surface area (Å²) >= 11 is 1.81. The van der Waals surface area contributed by atoms with Crippen molar-refractivity contribution in [1.29, 1.82) is 0 Å². The molecule has 2 aliphatic carbocycles. The molecule has 3 aliphatic rings. The average Bonchev–Trinajstić information content (AvgIpc) is 3.36. The normalized spacial score (nSPS) is 28.9. The molecule has 1 aromatic heterocycles. The van der Waals surface area contributed by atoms with Crippen LogP contribution in [0.15, 0.2) is 24.3 Å². The summed E-state index contributed by atoms with van der Waals surface area (Å²) in [6.07, 6.45) is 6.33.